The average molecular weight is 482 g/mol. The lowest BCUT2D eigenvalue weighted by Gasteiger charge is -2.40. The molecular weight excluding hydrogens is 449 g/mol. The number of hydrogen-bond donors (Lipinski definition) is 3. The third-order valence-electron chi connectivity index (χ3n) is 5.34. The van der Waals surface area contributed by atoms with Crippen molar-refractivity contribution in [1.82, 2.24) is 25.5 Å². The third-order valence-corrected chi connectivity index (χ3v) is 5.78. The Labute approximate surface area is 194 Å². The van der Waals surface area contributed by atoms with Crippen LogP contribution in [0.2, 0.25) is 0 Å². The summed E-state index contributed by atoms with van der Waals surface area (Å²) in [5.74, 6) is -1.36. The second-order valence-electron chi connectivity index (χ2n) is 9.04. The molecule has 1 aliphatic rings. The van der Waals surface area contributed by atoms with Crippen LogP contribution in [0.5, 0.6) is 0 Å². The lowest BCUT2D eigenvalue weighted by atomic mass is 9.84. The quantitative estimate of drug-likeness (QED) is 0.357. The summed E-state index contributed by atoms with van der Waals surface area (Å²) in [5.41, 5.74) is -0.554. The molecule has 3 N–H and O–H groups in total. The van der Waals surface area contributed by atoms with Gasteiger partial charge < -0.3 is 15.5 Å². The summed E-state index contributed by atoms with van der Waals surface area (Å²) in [7, 11) is -2.88. The monoisotopic (exact) mass is 482 g/mol. The zero-order valence-electron chi connectivity index (χ0n) is 19.5. The molecule has 0 spiro atoms. The molecule has 4 atom stereocenters. The molecule has 0 aliphatic carbocycles. The van der Waals surface area contributed by atoms with Crippen LogP contribution in [0.1, 0.15) is 70.3 Å². The number of nitrogens with one attached hydrogen (secondary N) is 2. The SMILES string of the molecule is CCC[C@H](NC(=O)[C@@H]1CCCCN1C(=O)[C@@H](NC(=O)c1cnccn1)C(C)(C)C)O[P+](=O)O. The molecule has 0 radical (unpaired) electrons. The largest absolute Gasteiger partial charge is 0.696 e. The van der Waals surface area contributed by atoms with Gasteiger partial charge in [0.1, 0.15) is 17.8 Å². The van der Waals surface area contributed by atoms with Crippen molar-refractivity contribution in [3.63, 3.8) is 0 Å². The van der Waals surface area contributed by atoms with Crippen molar-refractivity contribution in [3.8, 4) is 0 Å². The number of aromatic nitrogens is 2. The summed E-state index contributed by atoms with van der Waals surface area (Å²) in [6, 6.07) is -1.68. The van der Waals surface area contributed by atoms with E-state index in [1.165, 1.54) is 23.5 Å². The molecule has 12 heteroatoms. The van der Waals surface area contributed by atoms with Crippen LogP contribution in [0, 0.1) is 5.41 Å². The van der Waals surface area contributed by atoms with E-state index >= 15 is 0 Å². The van der Waals surface area contributed by atoms with Gasteiger partial charge >= 0.3 is 8.25 Å². The summed E-state index contributed by atoms with van der Waals surface area (Å²) in [4.78, 5) is 57.7. The first-order valence-electron chi connectivity index (χ1n) is 11.0. The Morgan fingerprint density at radius 3 is 2.58 bits per heavy atom. The van der Waals surface area contributed by atoms with Crippen LogP contribution < -0.4 is 10.6 Å². The van der Waals surface area contributed by atoms with Gasteiger partial charge in [-0.3, -0.25) is 19.4 Å². The highest BCUT2D eigenvalue weighted by molar-refractivity contribution is 7.32. The number of nitrogens with zero attached hydrogens (tertiary/aromatic N) is 3. The second-order valence-corrected chi connectivity index (χ2v) is 9.72. The first-order valence-corrected chi connectivity index (χ1v) is 12.2. The molecule has 1 saturated heterocycles. The van der Waals surface area contributed by atoms with E-state index in [0.717, 1.165) is 12.8 Å². The van der Waals surface area contributed by atoms with Crippen LogP contribution in [0.3, 0.4) is 0 Å². The number of carbonyl (C=O) groups excluding carboxylic acids is 3. The molecule has 1 aromatic heterocycles. The fourth-order valence-electron chi connectivity index (χ4n) is 3.68. The summed E-state index contributed by atoms with van der Waals surface area (Å²) in [6.45, 7) is 7.70. The lowest BCUT2D eigenvalue weighted by Crippen LogP contribution is -2.61. The molecule has 2 rings (SSSR count). The van der Waals surface area contributed by atoms with E-state index in [2.05, 4.69) is 20.6 Å². The van der Waals surface area contributed by atoms with Crippen LogP contribution in [-0.4, -0.2) is 62.3 Å². The van der Waals surface area contributed by atoms with Gasteiger partial charge in [0.05, 0.1) is 6.20 Å². The van der Waals surface area contributed by atoms with Gasteiger partial charge in [0.25, 0.3) is 5.91 Å². The van der Waals surface area contributed by atoms with Gasteiger partial charge in [0.15, 0.2) is 6.23 Å². The molecule has 1 fully saturated rings. The summed E-state index contributed by atoms with van der Waals surface area (Å²) >= 11 is 0. The van der Waals surface area contributed by atoms with E-state index in [1.807, 2.05) is 27.7 Å². The summed E-state index contributed by atoms with van der Waals surface area (Å²) in [5, 5.41) is 5.40. The maximum absolute atomic E-state index is 13.6. The van der Waals surface area contributed by atoms with Crippen molar-refractivity contribution in [1.29, 1.82) is 0 Å². The van der Waals surface area contributed by atoms with Crippen molar-refractivity contribution < 1.29 is 28.4 Å². The highest BCUT2D eigenvalue weighted by Crippen LogP contribution is 2.26. The van der Waals surface area contributed by atoms with Gasteiger partial charge in [-0.1, -0.05) is 38.6 Å². The van der Waals surface area contributed by atoms with Crippen LogP contribution >= 0.6 is 8.25 Å². The number of hydrogen-bond acceptors (Lipinski definition) is 7. The number of piperidine rings is 1. The Morgan fingerprint density at radius 2 is 2.00 bits per heavy atom. The highest BCUT2D eigenvalue weighted by Gasteiger charge is 2.41. The normalized spacial score (nSPS) is 18.8. The van der Waals surface area contributed by atoms with Crippen LogP contribution in [0.4, 0.5) is 0 Å². The Morgan fingerprint density at radius 1 is 1.27 bits per heavy atom. The van der Waals surface area contributed by atoms with E-state index < -0.39 is 43.8 Å². The number of likely N-dealkylation sites (tertiary alicyclic amines) is 1. The van der Waals surface area contributed by atoms with E-state index in [0.29, 0.717) is 25.8 Å². The molecule has 2 heterocycles. The summed E-state index contributed by atoms with van der Waals surface area (Å²) in [6.07, 6.45) is 6.13. The number of amides is 3. The number of carbonyl (C=O) groups is 3. The molecule has 0 bridgehead atoms. The Hall–Kier alpha value is -2.49. The zero-order chi connectivity index (χ0) is 24.6. The fourth-order valence-corrected chi connectivity index (χ4v) is 4.06. The molecule has 1 aliphatic heterocycles. The Bertz CT molecular complexity index is 847. The van der Waals surface area contributed by atoms with E-state index in [9.17, 15) is 18.9 Å². The molecule has 3 amide bonds. The molecule has 0 saturated carbocycles. The van der Waals surface area contributed by atoms with Gasteiger partial charge in [0.2, 0.25) is 11.8 Å². The highest BCUT2D eigenvalue weighted by atomic mass is 31.1. The Balaban J connectivity index is 2.21. The minimum absolute atomic E-state index is 0.0881. The average Bonchev–Trinajstić information content (AvgIpc) is 2.76. The second kappa shape index (κ2) is 12.1. The maximum atomic E-state index is 13.6. The molecule has 33 heavy (non-hydrogen) atoms. The predicted octanol–water partition coefficient (Wildman–Crippen LogP) is 1.91. The smallest absolute Gasteiger partial charge is 0.338 e. The first kappa shape index (κ1) is 26.8. The lowest BCUT2D eigenvalue weighted by molar-refractivity contribution is -0.146. The van der Waals surface area contributed by atoms with Crippen molar-refractivity contribution in [3.05, 3.63) is 24.3 Å². The van der Waals surface area contributed by atoms with Crippen molar-refractivity contribution >= 4 is 26.0 Å². The molecule has 0 aromatic carbocycles. The summed E-state index contributed by atoms with van der Waals surface area (Å²) < 4.78 is 16.0. The van der Waals surface area contributed by atoms with Crippen molar-refractivity contribution in [2.24, 2.45) is 5.41 Å². The first-order chi connectivity index (χ1) is 15.5. The predicted molar refractivity (Wildman–Crippen MR) is 120 cm³/mol. The molecular formula is C21H33N5O6P+. The number of rotatable bonds is 9. The van der Waals surface area contributed by atoms with Gasteiger partial charge in [-0.05, 0) is 31.1 Å². The van der Waals surface area contributed by atoms with Gasteiger partial charge in [0, 0.05) is 23.5 Å². The molecule has 1 unspecified atom stereocenters. The van der Waals surface area contributed by atoms with Crippen molar-refractivity contribution in [2.75, 3.05) is 6.54 Å². The van der Waals surface area contributed by atoms with E-state index in [1.54, 1.807) is 0 Å². The minimum Gasteiger partial charge on any atom is -0.338 e. The van der Waals surface area contributed by atoms with Crippen LogP contribution in [0.15, 0.2) is 18.6 Å². The van der Waals surface area contributed by atoms with E-state index in [-0.39, 0.29) is 11.6 Å². The van der Waals surface area contributed by atoms with Crippen LogP contribution in [0.25, 0.3) is 0 Å². The topological polar surface area (TPSA) is 151 Å². The zero-order valence-corrected chi connectivity index (χ0v) is 20.4. The minimum atomic E-state index is -2.88. The molecule has 1 aromatic rings. The van der Waals surface area contributed by atoms with Crippen LogP contribution in [-0.2, 0) is 18.7 Å². The van der Waals surface area contributed by atoms with Gasteiger partial charge in [-0.15, -0.1) is 4.89 Å². The fraction of sp³-hybridized carbons (Fsp3) is 0.667. The standard InChI is InChI=1S/C21H32N5O6P/c1-5-8-16(32-33(30)31)24-19(28)15-9-6-7-12-26(15)20(29)17(21(2,3)4)25-18(27)14-13-22-10-11-23-14/h10-11,13,15-17H,5-9,12H2,1-4H3,(H2-,24,25,27,28,30,31)/p+1/t15-,16+,17+/m0/s1. The van der Waals surface area contributed by atoms with E-state index in [4.69, 9.17) is 9.42 Å². The van der Waals surface area contributed by atoms with Gasteiger partial charge in [-0.25, -0.2) is 4.98 Å². The van der Waals surface area contributed by atoms with Gasteiger partial charge in [-0.2, -0.15) is 0 Å². The molecule has 11 nitrogen and oxygen atoms in total. The Kier molecular flexibility index (Phi) is 9.82. The maximum Gasteiger partial charge on any atom is 0.696 e. The third kappa shape index (κ3) is 7.80. The van der Waals surface area contributed by atoms with Crippen molar-refractivity contribution in [2.45, 2.75) is 78.1 Å². The molecule has 182 valence electrons.